The Morgan fingerprint density at radius 2 is 1.63 bits per heavy atom. The lowest BCUT2D eigenvalue weighted by molar-refractivity contribution is -0.161. The van der Waals surface area contributed by atoms with E-state index < -0.39 is 18.0 Å². The number of carbonyl (C=O) groups is 2. The van der Waals surface area contributed by atoms with Crippen molar-refractivity contribution in [1.29, 1.82) is 0 Å². The monoisotopic (exact) mass is 405 g/mol. The van der Waals surface area contributed by atoms with Gasteiger partial charge in [0, 0.05) is 12.0 Å². The number of rotatable bonds is 4. The number of hydrogen-bond acceptors (Lipinski definition) is 3. The highest BCUT2D eigenvalue weighted by Gasteiger charge is 2.59. The SMILES string of the molecule is CC1(C)C2C[C@@H](C(=O)O)[C@H](NC(=O)OCC3c4ccccc4-c4ccccc43)[C@@H]1C2. The molecule has 1 amide bonds. The maximum Gasteiger partial charge on any atom is 0.407 e. The van der Waals surface area contributed by atoms with Crippen LogP contribution >= 0.6 is 0 Å². The fraction of sp³-hybridized carbons (Fsp3) is 0.440. The van der Waals surface area contributed by atoms with E-state index in [9.17, 15) is 14.7 Å². The molecule has 30 heavy (non-hydrogen) atoms. The summed E-state index contributed by atoms with van der Waals surface area (Å²) in [6.45, 7) is 4.59. The van der Waals surface area contributed by atoms with Crippen molar-refractivity contribution in [3.05, 3.63) is 59.7 Å². The lowest BCUT2D eigenvalue weighted by Gasteiger charge is -2.61. The van der Waals surface area contributed by atoms with Gasteiger partial charge >= 0.3 is 12.1 Å². The Balaban J connectivity index is 1.30. The van der Waals surface area contributed by atoms with Gasteiger partial charge in [-0.1, -0.05) is 62.4 Å². The molecule has 0 aromatic heterocycles. The van der Waals surface area contributed by atoms with E-state index in [2.05, 4.69) is 43.4 Å². The van der Waals surface area contributed by atoms with Gasteiger partial charge in [-0.05, 0) is 52.3 Å². The minimum absolute atomic E-state index is 0.00528. The average Bonchev–Trinajstić information content (AvgIpc) is 3.05. The number of carboxylic acid groups (broad SMARTS) is 1. The Bertz CT molecular complexity index is 968. The molecule has 6 rings (SSSR count). The summed E-state index contributed by atoms with van der Waals surface area (Å²) in [5, 5.41) is 12.6. The summed E-state index contributed by atoms with van der Waals surface area (Å²) < 4.78 is 5.66. The smallest absolute Gasteiger partial charge is 0.407 e. The van der Waals surface area contributed by atoms with Gasteiger partial charge in [-0.15, -0.1) is 0 Å². The van der Waals surface area contributed by atoms with Crippen LogP contribution in [0.15, 0.2) is 48.5 Å². The summed E-state index contributed by atoms with van der Waals surface area (Å²) in [5.41, 5.74) is 4.75. The molecule has 2 N–H and O–H groups in total. The molecule has 0 spiro atoms. The molecule has 2 aromatic carbocycles. The molecule has 3 fully saturated rings. The van der Waals surface area contributed by atoms with E-state index in [-0.39, 0.29) is 29.9 Å². The number of ether oxygens (including phenoxy) is 1. The highest BCUT2D eigenvalue weighted by atomic mass is 16.5. The first-order valence-corrected chi connectivity index (χ1v) is 10.7. The molecule has 156 valence electrons. The number of carboxylic acids is 1. The van der Waals surface area contributed by atoms with Crippen LogP contribution in [0.5, 0.6) is 0 Å². The fourth-order valence-electron chi connectivity index (χ4n) is 6.03. The average molecular weight is 405 g/mol. The maximum atomic E-state index is 12.7. The molecule has 4 atom stereocenters. The zero-order valence-corrected chi connectivity index (χ0v) is 17.3. The Morgan fingerprint density at radius 1 is 1.03 bits per heavy atom. The Hall–Kier alpha value is -2.82. The highest BCUT2D eigenvalue weighted by molar-refractivity contribution is 5.79. The number of hydrogen-bond donors (Lipinski definition) is 2. The third-order valence-corrected chi connectivity index (χ3v) is 7.90. The summed E-state index contributed by atoms with van der Waals surface area (Å²) in [7, 11) is 0. The molecule has 5 nitrogen and oxygen atoms in total. The van der Waals surface area contributed by atoms with Gasteiger partial charge in [0.2, 0.25) is 0 Å². The summed E-state index contributed by atoms with van der Waals surface area (Å²) >= 11 is 0. The molecule has 1 unspecified atom stereocenters. The minimum Gasteiger partial charge on any atom is -0.481 e. The minimum atomic E-state index is -0.829. The second kappa shape index (κ2) is 6.86. The lowest BCUT2D eigenvalue weighted by atomic mass is 9.45. The molecule has 3 saturated carbocycles. The van der Waals surface area contributed by atoms with E-state index in [4.69, 9.17) is 4.74 Å². The van der Waals surface area contributed by atoms with Gasteiger partial charge in [0.15, 0.2) is 0 Å². The fourth-order valence-corrected chi connectivity index (χ4v) is 6.03. The molecule has 2 aromatic rings. The van der Waals surface area contributed by atoms with Crippen LogP contribution in [0.25, 0.3) is 11.1 Å². The topological polar surface area (TPSA) is 75.6 Å². The zero-order chi connectivity index (χ0) is 21.0. The van der Waals surface area contributed by atoms with Crippen molar-refractivity contribution in [3.63, 3.8) is 0 Å². The van der Waals surface area contributed by atoms with E-state index in [0.29, 0.717) is 12.3 Å². The molecule has 5 heteroatoms. The first-order valence-electron chi connectivity index (χ1n) is 10.7. The first-order chi connectivity index (χ1) is 14.4. The van der Waals surface area contributed by atoms with Gasteiger partial charge in [0.25, 0.3) is 0 Å². The molecular weight excluding hydrogens is 378 g/mol. The van der Waals surface area contributed by atoms with Crippen molar-refractivity contribution in [1.82, 2.24) is 5.32 Å². The third-order valence-electron chi connectivity index (χ3n) is 7.90. The number of carbonyl (C=O) groups excluding carboxylic acids is 1. The van der Waals surface area contributed by atoms with Crippen molar-refractivity contribution in [2.75, 3.05) is 6.61 Å². The zero-order valence-electron chi connectivity index (χ0n) is 17.3. The standard InChI is InChI=1S/C25H27NO4/c1-25(2)14-11-19(23(27)28)22(21(25)12-14)26-24(29)30-13-20-17-9-5-3-7-15(17)16-8-4-6-10-18(16)20/h3-10,14,19-22H,11-13H2,1-2H3,(H,26,29)(H,27,28)/t14?,19-,21+,22+/m1/s1. The van der Waals surface area contributed by atoms with E-state index in [1.165, 1.54) is 11.1 Å². The Kier molecular flexibility index (Phi) is 4.38. The van der Waals surface area contributed by atoms with Crippen LogP contribution in [0.1, 0.15) is 43.7 Å². The quantitative estimate of drug-likeness (QED) is 0.776. The van der Waals surface area contributed by atoms with Crippen LogP contribution in [-0.4, -0.2) is 29.8 Å². The van der Waals surface area contributed by atoms with Gasteiger partial charge in [0.05, 0.1) is 5.92 Å². The van der Waals surface area contributed by atoms with Crippen LogP contribution in [-0.2, 0) is 9.53 Å². The van der Waals surface area contributed by atoms with Crippen molar-refractivity contribution in [2.24, 2.45) is 23.2 Å². The Morgan fingerprint density at radius 3 is 2.20 bits per heavy atom. The largest absolute Gasteiger partial charge is 0.481 e. The van der Waals surface area contributed by atoms with E-state index in [1.54, 1.807) is 0 Å². The van der Waals surface area contributed by atoms with E-state index in [0.717, 1.165) is 17.5 Å². The van der Waals surface area contributed by atoms with Crippen LogP contribution in [0.4, 0.5) is 4.79 Å². The summed E-state index contributed by atoms with van der Waals surface area (Å²) in [5.74, 6) is -0.775. The van der Waals surface area contributed by atoms with Gasteiger partial charge < -0.3 is 15.2 Å². The van der Waals surface area contributed by atoms with Gasteiger partial charge in [-0.3, -0.25) is 4.79 Å². The number of fused-ring (bicyclic) bond motifs is 5. The molecule has 0 aliphatic heterocycles. The number of amides is 1. The second-order valence-electron chi connectivity index (χ2n) is 9.54. The van der Waals surface area contributed by atoms with Crippen molar-refractivity contribution in [3.8, 4) is 11.1 Å². The van der Waals surface area contributed by atoms with E-state index in [1.807, 2.05) is 24.3 Å². The summed E-state index contributed by atoms with van der Waals surface area (Å²) in [6, 6.07) is 16.0. The lowest BCUT2D eigenvalue weighted by Crippen LogP contribution is -2.64. The number of aliphatic carboxylic acids is 1. The summed E-state index contributed by atoms with van der Waals surface area (Å²) in [4.78, 5) is 24.5. The maximum absolute atomic E-state index is 12.7. The first kappa shape index (κ1) is 19.2. The molecule has 2 bridgehead atoms. The molecule has 0 saturated heterocycles. The normalized spacial score (nSPS) is 28.1. The summed E-state index contributed by atoms with van der Waals surface area (Å²) in [6.07, 6.45) is 1.08. The highest BCUT2D eigenvalue weighted by Crippen LogP contribution is 2.60. The van der Waals surface area contributed by atoms with Gasteiger partial charge in [-0.2, -0.15) is 0 Å². The number of benzene rings is 2. The molecule has 4 aliphatic carbocycles. The molecule has 0 radical (unpaired) electrons. The second-order valence-corrected chi connectivity index (χ2v) is 9.54. The molecule has 0 heterocycles. The van der Waals surface area contributed by atoms with Crippen LogP contribution in [0.3, 0.4) is 0 Å². The predicted molar refractivity (Wildman–Crippen MR) is 113 cm³/mol. The van der Waals surface area contributed by atoms with Crippen molar-refractivity contribution in [2.45, 2.75) is 38.6 Å². The van der Waals surface area contributed by atoms with Crippen LogP contribution in [0.2, 0.25) is 0 Å². The van der Waals surface area contributed by atoms with Gasteiger partial charge in [-0.25, -0.2) is 4.79 Å². The van der Waals surface area contributed by atoms with Gasteiger partial charge in [0.1, 0.15) is 6.61 Å². The van der Waals surface area contributed by atoms with Crippen LogP contribution in [0, 0.1) is 23.2 Å². The third kappa shape index (κ3) is 2.83. The number of nitrogens with one attached hydrogen (secondary N) is 1. The van der Waals surface area contributed by atoms with Crippen molar-refractivity contribution >= 4 is 12.1 Å². The molecule has 4 aliphatic rings. The number of alkyl carbamates (subject to hydrolysis) is 1. The predicted octanol–water partition coefficient (Wildman–Crippen LogP) is 4.66. The van der Waals surface area contributed by atoms with Crippen LogP contribution < -0.4 is 5.32 Å². The van der Waals surface area contributed by atoms with Crippen molar-refractivity contribution < 1.29 is 19.4 Å². The van der Waals surface area contributed by atoms with E-state index >= 15 is 0 Å². The Labute approximate surface area is 176 Å². The molecular formula is C25H27NO4.